The van der Waals surface area contributed by atoms with Crippen LogP contribution in [-0.4, -0.2) is 68.2 Å². The number of likely N-dealkylation sites (tertiary alicyclic amines) is 1. The van der Waals surface area contributed by atoms with Gasteiger partial charge in [0, 0.05) is 40.9 Å². The molecule has 0 saturated carbocycles. The Labute approximate surface area is 279 Å². The van der Waals surface area contributed by atoms with E-state index in [4.69, 9.17) is 9.15 Å². The van der Waals surface area contributed by atoms with Crippen LogP contribution in [0.5, 0.6) is 0 Å². The Balaban J connectivity index is 1.58. The summed E-state index contributed by atoms with van der Waals surface area (Å²) in [6.07, 6.45) is 7.65. The van der Waals surface area contributed by atoms with E-state index in [2.05, 4.69) is 33.8 Å². The number of benzene rings is 1. The van der Waals surface area contributed by atoms with Crippen LogP contribution in [0.2, 0.25) is 0 Å². The van der Waals surface area contributed by atoms with Gasteiger partial charge in [0.05, 0.1) is 23.9 Å². The van der Waals surface area contributed by atoms with Gasteiger partial charge in [-0.2, -0.15) is 0 Å². The van der Waals surface area contributed by atoms with Crippen molar-refractivity contribution in [1.29, 1.82) is 0 Å². The Kier molecular flexibility index (Phi) is 11.2. The van der Waals surface area contributed by atoms with Gasteiger partial charge in [-0.25, -0.2) is 14.8 Å². The van der Waals surface area contributed by atoms with Crippen LogP contribution in [0, 0.1) is 6.92 Å². The number of hydrogen-bond acceptors (Lipinski definition) is 9. The second-order valence-electron chi connectivity index (χ2n) is 12.7. The molecule has 11 nitrogen and oxygen atoms in total. The normalized spacial score (nSPS) is 17.0. The van der Waals surface area contributed by atoms with Crippen LogP contribution >= 0.6 is 11.3 Å². The molecule has 250 valence electrons. The molecule has 3 N–H and O–H groups in total. The third kappa shape index (κ3) is 9.05. The SMILES string of the molecule is C=CC=C(C=C)CC(C)(NC(=O)OC(C)(C)C)C(O)CNC(=O)c1cc(C(=O)N2CCCC2c2nc(C)cs2)cc(-c2ncco2)c1. The molecule has 1 fully saturated rings. The number of allylic oxidation sites excluding steroid dienone is 3. The first kappa shape index (κ1) is 35.3. The fraction of sp³-hybridized carbons (Fsp3) is 0.400. The lowest BCUT2D eigenvalue weighted by molar-refractivity contribution is 0.0257. The first-order valence-electron chi connectivity index (χ1n) is 15.4. The maximum Gasteiger partial charge on any atom is 0.408 e. The standard InChI is InChI=1S/C35H43N5O6S/c1-8-11-23(9-2)19-35(7,39-33(44)46-34(4,5)6)28(41)20-37-29(42)24-16-25(30-36-13-15-45-30)18-26(17-24)32(43)40-14-10-12-27(40)31-38-22(3)21-47-31/h8-9,11,13,15-18,21,27-28,41H,1-2,10,12,14,19-20H2,3-7H3,(H,37,42)(H,39,44). The molecule has 3 aromatic rings. The second-order valence-corrected chi connectivity index (χ2v) is 13.6. The van der Waals surface area contributed by atoms with Gasteiger partial charge in [-0.15, -0.1) is 11.3 Å². The third-order valence-corrected chi connectivity index (χ3v) is 8.76. The summed E-state index contributed by atoms with van der Waals surface area (Å²) in [4.78, 5) is 51.0. The van der Waals surface area contributed by atoms with Crippen LogP contribution in [0.3, 0.4) is 0 Å². The molecule has 0 aliphatic carbocycles. The zero-order valence-electron chi connectivity index (χ0n) is 27.5. The van der Waals surface area contributed by atoms with Crippen molar-refractivity contribution in [2.75, 3.05) is 13.1 Å². The lowest BCUT2D eigenvalue weighted by Gasteiger charge is -2.36. The lowest BCUT2D eigenvalue weighted by atomic mass is 9.86. The van der Waals surface area contributed by atoms with Crippen molar-refractivity contribution >= 4 is 29.2 Å². The van der Waals surface area contributed by atoms with Gasteiger partial charge >= 0.3 is 6.09 Å². The molecule has 1 aliphatic heterocycles. The van der Waals surface area contributed by atoms with Crippen molar-refractivity contribution < 1.29 is 28.6 Å². The molecule has 1 aliphatic rings. The average Bonchev–Trinajstić information content (AvgIpc) is 3.80. The molecular weight excluding hydrogens is 618 g/mol. The maximum absolute atomic E-state index is 13.9. The first-order valence-corrected chi connectivity index (χ1v) is 16.3. The number of hydrogen-bond donors (Lipinski definition) is 3. The molecule has 3 amide bonds. The summed E-state index contributed by atoms with van der Waals surface area (Å²) >= 11 is 1.53. The smallest absolute Gasteiger partial charge is 0.408 e. The number of rotatable bonds is 12. The summed E-state index contributed by atoms with van der Waals surface area (Å²) in [5.41, 5.74) is 0.516. The molecule has 0 spiro atoms. The van der Waals surface area contributed by atoms with E-state index in [1.165, 1.54) is 29.9 Å². The number of thiazole rings is 1. The Hall–Kier alpha value is -4.55. The summed E-state index contributed by atoms with van der Waals surface area (Å²) in [6, 6.07) is 4.62. The number of aromatic nitrogens is 2. The Morgan fingerprint density at radius 2 is 1.96 bits per heavy atom. The van der Waals surface area contributed by atoms with E-state index in [9.17, 15) is 19.5 Å². The average molecular weight is 662 g/mol. The van der Waals surface area contributed by atoms with Crippen molar-refractivity contribution in [1.82, 2.24) is 25.5 Å². The van der Waals surface area contributed by atoms with E-state index in [0.717, 1.165) is 23.5 Å². The van der Waals surface area contributed by atoms with Gasteiger partial charge in [0.1, 0.15) is 16.9 Å². The number of oxazole rings is 1. The highest BCUT2D eigenvalue weighted by atomic mass is 32.1. The largest absolute Gasteiger partial charge is 0.445 e. The fourth-order valence-corrected chi connectivity index (χ4v) is 6.35. The second kappa shape index (κ2) is 14.9. The molecule has 1 saturated heterocycles. The quantitative estimate of drug-likeness (QED) is 0.196. The molecule has 3 atom stereocenters. The number of nitrogens with one attached hydrogen (secondary N) is 2. The topological polar surface area (TPSA) is 147 Å². The number of ether oxygens (including phenoxy) is 1. The first-order chi connectivity index (χ1) is 22.2. The van der Waals surface area contributed by atoms with Crippen LogP contribution in [0.15, 0.2) is 77.4 Å². The highest BCUT2D eigenvalue weighted by Crippen LogP contribution is 2.35. The number of aliphatic hydroxyl groups is 1. The zero-order chi connectivity index (χ0) is 34.4. The third-order valence-electron chi connectivity index (χ3n) is 7.70. The summed E-state index contributed by atoms with van der Waals surface area (Å²) in [6.45, 7) is 16.7. The molecule has 4 rings (SSSR count). The molecule has 3 heterocycles. The van der Waals surface area contributed by atoms with Crippen LogP contribution in [0.1, 0.15) is 84.4 Å². The predicted molar refractivity (Wildman–Crippen MR) is 181 cm³/mol. The van der Waals surface area contributed by atoms with E-state index in [1.54, 1.807) is 63.0 Å². The molecule has 2 aromatic heterocycles. The fourth-order valence-electron chi connectivity index (χ4n) is 5.40. The molecule has 0 bridgehead atoms. The molecule has 3 unspecified atom stereocenters. The van der Waals surface area contributed by atoms with Crippen LogP contribution < -0.4 is 10.6 Å². The highest BCUT2D eigenvalue weighted by Gasteiger charge is 2.37. The Bertz CT molecular complexity index is 1640. The number of amides is 3. The summed E-state index contributed by atoms with van der Waals surface area (Å²) in [7, 11) is 0. The molecule has 12 heteroatoms. The minimum atomic E-state index is -1.27. The van der Waals surface area contributed by atoms with Crippen molar-refractivity contribution in [3.8, 4) is 11.5 Å². The van der Waals surface area contributed by atoms with Crippen molar-refractivity contribution in [2.45, 2.75) is 77.2 Å². The number of aliphatic hydroxyl groups excluding tert-OH is 1. The summed E-state index contributed by atoms with van der Waals surface area (Å²) < 4.78 is 10.9. The predicted octanol–water partition coefficient (Wildman–Crippen LogP) is 6.15. The summed E-state index contributed by atoms with van der Waals surface area (Å²) in [5.74, 6) is -0.518. The van der Waals surface area contributed by atoms with E-state index >= 15 is 0 Å². The monoisotopic (exact) mass is 661 g/mol. The van der Waals surface area contributed by atoms with E-state index in [0.29, 0.717) is 23.2 Å². The number of carbonyl (C=O) groups excluding carboxylic acids is 3. The molecule has 0 radical (unpaired) electrons. The Morgan fingerprint density at radius 3 is 2.57 bits per heavy atom. The van der Waals surface area contributed by atoms with Gasteiger partial charge in [0.2, 0.25) is 5.89 Å². The van der Waals surface area contributed by atoms with Gasteiger partial charge in [0.25, 0.3) is 11.8 Å². The zero-order valence-corrected chi connectivity index (χ0v) is 28.4. The summed E-state index contributed by atoms with van der Waals surface area (Å²) in [5, 5.41) is 19.8. The van der Waals surface area contributed by atoms with Gasteiger partial charge in [0.15, 0.2) is 0 Å². The molecular formula is C35H43N5O6S. The highest BCUT2D eigenvalue weighted by molar-refractivity contribution is 7.09. The van der Waals surface area contributed by atoms with Crippen molar-refractivity contribution in [3.63, 3.8) is 0 Å². The van der Waals surface area contributed by atoms with E-state index in [1.807, 2.05) is 12.3 Å². The van der Waals surface area contributed by atoms with Gasteiger partial charge in [-0.05, 0) is 77.7 Å². The molecule has 47 heavy (non-hydrogen) atoms. The van der Waals surface area contributed by atoms with E-state index in [-0.39, 0.29) is 36.4 Å². The van der Waals surface area contributed by atoms with Crippen molar-refractivity contribution in [2.24, 2.45) is 0 Å². The van der Waals surface area contributed by atoms with Gasteiger partial charge < -0.3 is 29.8 Å². The lowest BCUT2D eigenvalue weighted by Crippen LogP contribution is -2.58. The minimum Gasteiger partial charge on any atom is -0.445 e. The van der Waals surface area contributed by atoms with E-state index < -0.39 is 29.2 Å². The van der Waals surface area contributed by atoms with Crippen LogP contribution in [0.4, 0.5) is 4.79 Å². The minimum absolute atomic E-state index is 0.148. The Morgan fingerprint density at radius 1 is 1.21 bits per heavy atom. The van der Waals surface area contributed by atoms with Crippen molar-refractivity contribution in [3.05, 3.63) is 94.8 Å². The number of nitrogens with zero attached hydrogens (tertiary/aromatic N) is 3. The van der Waals surface area contributed by atoms with Crippen LogP contribution in [-0.2, 0) is 4.74 Å². The van der Waals surface area contributed by atoms with Gasteiger partial charge in [-0.1, -0.05) is 31.4 Å². The number of aryl methyl sites for hydroxylation is 1. The van der Waals surface area contributed by atoms with Crippen LogP contribution in [0.25, 0.3) is 11.5 Å². The molecule has 1 aromatic carbocycles. The number of carbonyl (C=O) groups is 3. The van der Waals surface area contributed by atoms with Gasteiger partial charge in [-0.3, -0.25) is 9.59 Å². The maximum atomic E-state index is 13.9. The number of alkyl carbamates (subject to hydrolysis) is 1.